The van der Waals surface area contributed by atoms with Crippen molar-refractivity contribution in [3.63, 3.8) is 0 Å². The predicted octanol–water partition coefficient (Wildman–Crippen LogP) is 3.95. The second-order valence-electron chi connectivity index (χ2n) is 5.77. The molecule has 2 aromatic carbocycles. The molecule has 0 bridgehead atoms. The average Bonchev–Trinajstić information content (AvgIpc) is 2.65. The van der Waals surface area contributed by atoms with Gasteiger partial charge in [-0.2, -0.15) is 0 Å². The number of hydrogen-bond donors (Lipinski definition) is 1. The summed E-state index contributed by atoms with van der Waals surface area (Å²) >= 11 is 5.97. The van der Waals surface area contributed by atoms with E-state index in [-0.39, 0.29) is 17.7 Å². The van der Waals surface area contributed by atoms with Gasteiger partial charge in [0.25, 0.3) is 11.5 Å². The van der Waals surface area contributed by atoms with Crippen molar-refractivity contribution in [3.8, 4) is 5.75 Å². The van der Waals surface area contributed by atoms with Crippen molar-refractivity contribution in [1.29, 1.82) is 0 Å². The lowest BCUT2D eigenvalue weighted by molar-refractivity contribution is 0.102. The molecule has 0 fully saturated rings. The number of nitrogens with zero attached hydrogens (tertiary/aromatic N) is 1. The average molecular weight is 387 g/mol. The summed E-state index contributed by atoms with van der Waals surface area (Å²) in [6, 6.07) is 13.7. The van der Waals surface area contributed by atoms with Gasteiger partial charge in [0, 0.05) is 22.8 Å². The molecular formula is C20H16ClFN2O3. The minimum Gasteiger partial charge on any atom is -0.495 e. The van der Waals surface area contributed by atoms with E-state index in [9.17, 15) is 14.0 Å². The zero-order valence-corrected chi connectivity index (χ0v) is 15.2. The Labute approximate surface area is 160 Å². The molecule has 1 amide bonds. The number of carbonyl (C=O) groups is 1. The van der Waals surface area contributed by atoms with Gasteiger partial charge < -0.3 is 14.6 Å². The monoisotopic (exact) mass is 386 g/mol. The number of nitrogens with one attached hydrogen (secondary N) is 1. The zero-order valence-electron chi connectivity index (χ0n) is 14.4. The molecule has 3 rings (SSSR count). The van der Waals surface area contributed by atoms with E-state index in [1.165, 1.54) is 36.1 Å². The molecule has 5 nitrogen and oxygen atoms in total. The summed E-state index contributed by atoms with van der Waals surface area (Å²) in [5.74, 6) is -0.409. The fourth-order valence-electron chi connectivity index (χ4n) is 2.57. The summed E-state index contributed by atoms with van der Waals surface area (Å²) in [5.41, 5.74) is 0.665. The van der Waals surface area contributed by atoms with Crippen molar-refractivity contribution in [2.75, 3.05) is 12.4 Å². The van der Waals surface area contributed by atoms with Crippen LogP contribution in [0, 0.1) is 5.82 Å². The molecule has 27 heavy (non-hydrogen) atoms. The molecule has 1 aromatic heterocycles. The topological polar surface area (TPSA) is 60.3 Å². The fourth-order valence-corrected chi connectivity index (χ4v) is 2.74. The highest BCUT2D eigenvalue weighted by Gasteiger charge is 2.12. The first-order valence-corrected chi connectivity index (χ1v) is 8.44. The van der Waals surface area contributed by atoms with Crippen LogP contribution >= 0.6 is 11.6 Å². The van der Waals surface area contributed by atoms with Gasteiger partial charge in [0.05, 0.1) is 24.9 Å². The number of amides is 1. The largest absolute Gasteiger partial charge is 0.495 e. The van der Waals surface area contributed by atoms with E-state index in [1.54, 1.807) is 36.4 Å². The van der Waals surface area contributed by atoms with E-state index in [0.29, 0.717) is 22.0 Å². The van der Waals surface area contributed by atoms with Crippen molar-refractivity contribution in [2.45, 2.75) is 6.54 Å². The second-order valence-corrected chi connectivity index (χ2v) is 6.21. The molecule has 3 aromatic rings. The summed E-state index contributed by atoms with van der Waals surface area (Å²) in [4.78, 5) is 24.7. The van der Waals surface area contributed by atoms with Gasteiger partial charge >= 0.3 is 0 Å². The maximum atomic E-state index is 13.9. The lowest BCUT2D eigenvalue weighted by Crippen LogP contribution is -2.23. The third-order valence-electron chi connectivity index (χ3n) is 3.95. The van der Waals surface area contributed by atoms with Gasteiger partial charge in [0.15, 0.2) is 0 Å². The number of hydrogen-bond acceptors (Lipinski definition) is 3. The van der Waals surface area contributed by atoms with Gasteiger partial charge in [-0.1, -0.05) is 29.8 Å². The minimum absolute atomic E-state index is 0.0209. The first kappa shape index (κ1) is 18.7. The Morgan fingerprint density at radius 1 is 1.19 bits per heavy atom. The number of pyridine rings is 1. The molecule has 0 saturated heterocycles. The number of methoxy groups -OCH3 is 1. The highest BCUT2D eigenvalue weighted by atomic mass is 35.5. The molecule has 0 saturated carbocycles. The summed E-state index contributed by atoms with van der Waals surface area (Å²) in [6.45, 7) is 0.0209. The van der Waals surface area contributed by atoms with Crippen molar-refractivity contribution < 1.29 is 13.9 Å². The van der Waals surface area contributed by atoms with Crippen LogP contribution in [0.15, 0.2) is 65.6 Å². The number of aromatic nitrogens is 1. The van der Waals surface area contributed by atoms with Gasteiger partial charge in [-0.15, -0.1) is 0 Å². The summed E-state index contributed by atoms with van der Waals surface area (Å²) in [6.07, 6.45) is 1.39. The maximum absolute atomic E-state index is 13.9. The van der Waals surface area contributed by atoms with Gasteiger partial charge in [-0.25, -0.2) is 4.39 Å². The third-order valence-corrected chi connectivity index (χ3v) is 4.19. The normalized spacial score (nSPS) is 10.5. The minimum atomic E-state index is -0.446. The molecule has 0 spiro atoms. The van der Waals surface area contributed by atoms with Crippen LogP contribution in [0.3, 0.4) is 0 Å². The first-order chi connectivity index (χ1) is 13.0. The van der Waals surface area contributed by atoms with Crippen LogP contribution in [-0.2, 0) is 6.54 Å². The van der Waals surface area contributed by atoms with Crippen LogP contribution in [0.1, 0.15) is 15.9 Å². The Morgan fingerprint density at radius 3 is 2.70 bits per heavy atom. The smallest absolute Gasteiger partial charge is 0.257 e. The van der Waals surface area contributed by atoms with E-state index in [1.807, 2.05) is 0 Å². The van der Waals surface area contributed by atoms with E-state index in [2.05, 4.69) is 5.32 Å². The Morgan fingerprint density at radius 2 is 1.96 bits per heavy atom. The quantitative estimate of drug-likeness (QED) is 0.722. The van der Waals surface area contributed by atoms with E-state index in [0.717, 1.165) is 0 Å². The first-order valence-electron chi connectivity index (χ1n) is 8.06. The standard InChI is InChI=1S/C20H16ClFN2O3/c1-27-18-8-7-15(21)10-17(18)23-20(26)14-6-9-19(25)24(12-14)11-13-4-2-3-5-16(13)22/h2-10,12H,11H2,1H3,(H,23,26). The highest BCUT2D eigenvalue weighted by molar-refractivity contribution is 6.31. The van der Waals surface area contributed by atoms with Crippen LogP contribution in [0.4, 0.5) is 10.1 Å². The molecule has 7 heteroatoms. The number of halogens is 2. The van der Waals surface area contributed by atoms with E-state index >= 15 is 0 Å². The van der Waals surface area contributed by atoms with Crippen molar-refractivity contribution in [2.24, 2.45) is 0 Å². The number of ether oxygens (including phenoxy) is 1. The summed E-state index contributed by atoms with van der Waals surface area (Å²) < 4.78 is 20.3. The molecule has 0 aliphatic heterocycles. The zero-order chi connectivity index (χ0) is 19.4. The lowest BCUT2D eigenvalue weighted by atomic mass is 10.2. The summed E-state index contributed by atoms with van der Waals surface area (Å²) in [5, 5.41) is 3.14. The van der Waals surface area contributed by atoms with Crippen molar-refractivity contribution in [1.82, 2.24) is 4.57 Å². The predicted molar refractivity (Wildman–Crippen MR) is 102 cm³/mol. The number of benzene rings is 2. The molecule has 1 N–H and O–H groups in total. The molecular weight excluding hydrogens is 371 g/mol. The number of carbonyl (C=O) groups excluding carboxylic acids is 1. The number of anilines is 1. The third kappa shape index (κ3) is 4.35. The van der Waals surface area contributed by atoms with Gasteiger partial charge in [0.1, 0.15) is 11.6 Å². The van der Waals surface area contributed by atoms with Gasteiger partial charge in [-0.3, -0.25) is 9.59 Å². The van der Waals surface area contributed by atoms with Crippen LogP contribution in [0.2, 0.25) is 5.02 Å². The molecule has 0 atom stereocenters. The molecule has 0 aliphatic rings. The van der Waals surface area contributed by atoms with Crippen LogP contribution in [0.25, 0.3) is 0 Å². The van der Waals surface area contributed by atoms with E-state index in [4.69, 9.17) is 16.3 Å². The summed E-state index contributed by atoms with van der Waals surface area (Å²) in [7, 11) is 1.48. The molecule has 0 radical (unpaired) electrons. The highest BCUT2D eigenvalue weighted by Crippen LogP contribution is 2.28. The van der Waals surface area contributed by atoms with Crippen molar-refractivity contribution in [3.05, 3.63) is 93.1 Å². The van der Waals surface area contributed by atoms with Gasteiger partial charge in [-0.05, 0) is 30.3 Å². The van der Waals surface area contributed by atoms with Crippen LogP contribution in [0.5, 0.6) is 5.75 Å². The Balaban J connectivity index is 1.87. The van der Waals surface area contributed by atoms with Crippen LogP contribution < -0.4 is 15.6 Å². The molecule has 138 valence electrons. The lowest BCUT2D eigenvalue weighted by Gasteiger charge is -2.12. The van der Waals surface area contributed by atoms with E-state index < -0.39 is 11.7 Å². The number of rotatable bonds is 5. The Bertz CT molecular complexity index is 1050. The fraction of sp³-hybridized carbons (Fsp3) is 0.100. The Hall–Kier alpha value is -3.12. The van der Waals surface area contributed by atoms with Crippen molar-refractivity contribution >= 4 is 23.2 Å². The SMILES string of the molecule is COc1ccc(Cl)cc1NC(=O)c1ccc(=O)n(Cc2ccccc2F)c1. The molecule has 0 unspecified atom stereocenters. The van der Waals surface area contributed by atoms with Crippen LogP contribution in [-0.4, -0.2) is 17.6 Å². The maximum Gasteiger partial charge on any atom is 0.257 e. The second kappa shape index (κ2) is 8.05. The molecule has 1 heterocycles. The molecule has 0 aliphatic carbocycles. The Kier molecular flexibility index (Phi) is 5.57. The van der Waals surface area contributed by atoms with Gasteiger partial charge in [0.2, 0.25) is 0 Å².